The van der Waals surface area contributed by atoms with Crippen molar-refractivity contribution in [1.29, 1.82) is 0 Å². The van der Waals surface area contributed by atoms with E-state index in [0.717, 1.165) is 5.56 Å². The van der Waals surface area contributed by atoms with Gasteiger partial charge >= 0.3 is 0 Å². The summed E-state index contributed by atoms with van der Waals surface area (Å²) in [6, 6.07) is 14.6. The zero-order valence-electron chi connectivity index (χ0n) is 12.4. The molecule has 2 aromatic rings. The molecule has 2 aliphatic heterocycles. The van der Waals surface area contributed by atoms with Crippen LogP contribution >= 0.6 is 0 Å². The molecule has 1 atom stereocenters. The largest absolute Gasteiger partial charge is 0.350 e. The lowest BCUT2D eigenvalue weighted by atomic mass is 9.93. The van der Waals surface area contributed by atoms with Crippen molar-refractivity contribution in [1.82, 2.24) is 4.90 Å². The quantitative estimate of drug-likeness (QED) is 0.838. The smallest absolute Gasteiger partial charge is 0.276 e. The Kier molecular flexibility index (Phi) is 2.78. The van der Waals surface area contributed by atoms with E-state index < -0.39 is 5.66 Å². The molecule has 1 spiro atoms. The first-order valence-electron chi connectivity index (χ1n) is 7.39. The average Bonchev–Trinajstić information content (AvgIpc) is 2.84. The molecular formula is C18H15N3O2. The van der Waals surface area contributed by atoms with E-state index in [2.05, 4.69) is 17.2 Å². The van der Waals surface area contributed by atoms with Crippen LogP contribution in [0.3, 0.4) is 0 Å². The van der Waals surface area contributed by atoms with E-state index in [4.69, 9.17) is 0 Å². The summed E-state index contributed by atoms with van der Waals surface area (Å²) in [4.78, 5) is 27.4. The minimum atomic E-state index is -1.24. The Morgan fingerprint density at radius 1 is 1.04 bits per heavy atom. The van der Waals surface area contributed by atoms with Gasteiger partial charge in [-0.3, -0.25) is 14.5 Å². The van der Waals surface area contributed by atoms with Crippen LogP contribution < -0.4 is 10.6 Å². The number of rotatable bonds is 2. The van der Waals surface area contributed by atoms with Crippen LogP contribution in [0.1, 0.15) is 15.9 Å². The molecular weight excluding hydrogens is 290 g/mol. The SMILES string of the molecule is C=CCN1C(=O)c2ccccc2NC12C(=O)Nc1ccccc12. The molecule has 0 radical (unpaired) electrons. The van der Waals surface area contributed by atoms with Gasteiger partial charge in [0.1, 0.15) is 0 Å². The maximum absolute atomic E-state index is 13.0. The fourth-order valence-corrected chi connectivity index (χ4v) is 3.32. The van der Waals surface area contributed by atoms with E-state index in [0.29, 0.717) is 16.9 Å². The van der Waals surface area contributed by atoms with E-state index in [1.807, 2.05) is 42.5 Å². The van der Waals surface area contributed by atoms with Crippen molar-refractivity contribution in [3.8, 4) is 0 Å². The molecule has 0 bridgehead atoms. The van der Waals surface area contributed by atoms with Crippen molar-refractivity contribution in [3.05, 3.63) is 72.3 Å². The number of nitrogens with one attached hydrogen (secondary N) is 2. The number of nitrogens with zero attached hydrogens (tertiary/aromatic N) is 1. The molecule has 5 nitrogen and oxygen atoms in total. The van der Waals surface area contributed by atoms with Crippen molar-refractivity contribution in [2.75, 3.05) is 17.2 Å². The van der Waals surface area contributed by atoms with Gasteiger partial charge in [0, 0.05) is 23.5 Å². The molecule has 2 aromatic carbocycles. The van der Waals surface area contributed by atoms with Crippen LogP contribution in [0.5, 0.6) is 0 Å². The zero-order valence-corrected chi connectivity index (χ0v) is 12.4. The molecule has 2 amide bonds. The van der Waals surface area contributed by atoms with E-state index in [1.165, 1.54) is 4.90 Å². The maximum atomic E-state index is 13.0. The van der Waals surface area contributed by atoms with Gasteiger partial charge in [0.15, 0.2) is 0 Å². The number of para-hydroxylation sites is 2. The van der Waals surface area contributed by atoms with Crippen LogP contribution in [0.4, 0.5) is 11.4 Å². The van der Waals surface area contributed by atoms with Gasteiger partial charge in [-0.25, -0.2) is 0 Å². The summed E-state index contributed by atoms with van der Waals surface area (Å²) >= 11 is 0. The second kappa shape index (κ2) is 4.71. The highest BCUT2D eigenvalue weighted by Gasteiger charge is 2.55. The fourth-order valence-electron chi connectivity index (χ4n) is 3.32. The molecule has 1 unspecified atom stereocenters. The Labute approximate surface area is 133 Å². The van der Waals surface area contributed by atoms with Gasteiger partial charge in [-0.05, 0) is 18.2 Å². The summed E-state index contributed by atoms with van der Waals surface area (Å²) in [5, 5.41) is 6.16. The Hall–Kier alpha value is -3.08. The van der Waals surface area contributed by atoms with Crippen molar-refractivity contribution in [2.24, 2.45) is 0 Å². The molecule has 0 aromatic heterocycles. The number of benzene rings is 2. The topological polar surface area (TPSA) is 61.4 Å². The fraction of sp³-hybridized carbons (Fsp3) is 0.111. The van der Waals surface area contributed by atoms with Gasteiger partial charge in [0.2, 0.25) is 5.66 Å². The first-order valence-corrected chi connectivity index (χ1v) is 7.39. The third kappa shape index (κ3) is 1.67. The highest BCUT2D eigenvalue weighted by atomic mass is 16.2. The predicted molar refractivity (Wildman–Crippen MR) is 88.0 cm³/mol. The summed E-state index contributed by atoms with van der Waals surface area (Å²) < 4.78 is 0. The number of carbonyl (C=O) groups is 2. The average molecular weight is 305 g/mol. The second-order valence-electron chi connectivity index (χ2n) is 5.59. The van der Waals surface area contributed by atoms with E-state index in [-0.39, 0.29) is 18.4 Å². The molecule has 5 heteroatoms. The van der Waals surface area contributed by atoms with E-state index in [1.54, 1.807) is 12.1 Å². The van der Waals surface area contributed by atoms with Gasteiger partial charge in [-0.1, -0.05) is 36.4 Å². The Morgan fingerprint density at radius 2 is 1.74 bits per heavy atom. The predicted octanol–water partition coefficient (Wildman–Crippen LogP) is 2.55. The van der Waals surface area contributed by atoms with Crippen LogP contribution in [-0.2, 0) is 10.5 Å². The number of hydrogen-bond acceptors (Lipinski definition) is 3. The van der Waals surface area contributed by atoms with Gasteiger partial charge in [0.05, 0.1) is 5.56 Å². The van der Waals surface area contributed by atoms with Crippen molar-refractivity contribution in [2.45, 2.75) is 5.66 Å². The standard InChI is InChI=1S/C18H15N3O2/c1-2-11-21-16(22)12-7-3-5-9-14(12)20-18(21)13-8-4-6-10-15(13)19-17(18)23/h2-10,20H,1,11H2,(H,19,23). The zero-order chi connectivity index (χ0) is 16.0. The molecule has 0 aliphatic carbocycles. The first-order chi connectivity index (χ1) is 11.2. The lowest BCUT2D eigenvalue weighted by Crippen LogP contribution is -2.61. The second-order valence-corrected chi connectivity index (χ2v) is 5.59. The van der Waals surface area contributed by atoms with Gasteiger partial charge in [-0.15, -0.1) is 6.58 Å². The first kappa shape index (κ1) is 13.6. The maximum Gasteiger partial charge on any atom is 0.276 e. The number of hydrogen-bond donors (Lipinski definition) is 2. The molecule has 2 aliphatic rings. The lowest BCUT2D eigenvalue weighted by molar-refractivity contribution is -0.124. The van der Waals surface area contributed by atoms with Crippen LogP contribution in [0.2, 0.25) is 0 Å². The molecule has 2 N–H and O–H groups in total. The molecule has 0 saturated carbocycles. The van der Waals surface area contributed by atoms with Crippen molar-refractivity contribution < 1.29 is 9.59 Å². The Bertz CT molecular complexity index is 846. The minimum Gasteiger partial charge on any atom is -0.350 e. The van der Waals surface area contributed by atoms with Gasteiger partial charge in [0.25, 0.3) is 11.8 Å². The van der Waals surface area contributed by atoms with Crippen LogP contribution in [-0.4, -0.2) is 23.3 Å². The van der Waals surface area contributed by atoms with E-state index in [9.17, 15) is 9.59 Å². The van der Waals surface area contributed by atoms with Gasteiger partial charge in [-0.2, -0.15) is 0 Å². The van der Waals surface area contributed by atoms with Crippen LogP contribution in [0, 0.1) is 0 Å². The monoisotopic (exact) mass is 305 g/mol. The lowest BCUT2D eigenvalue weighted by Gasteiger charge is -2.44. The Morgan fingerprint density at radius 3 is 2.52 bits per heavy atom. The summed E-state index contributed by atoms with van der Waals surface area (Å²) in [6.45, 7) is 3.99. The minimum absolute atomic E-state index is 0.189. The van der Waals surface area contributed by atoms with Crippen LogP contribution in [0.15, 0.2) is 61.2 Å². The van der Waals surface area contributed by atoms with Crippen LogP contribution in [0.25, 0.3) is 0 Å². The number of carbonyl (C=O) groups excluding carboxylic acids is 2. The van der Waals surface area contributed by atoms with Gasteiger partial charge < -0.3 is 10.6 Å². The molecule has 23 heavy (non-hydrogen) atoms. The highest BCUT2D eigenvalue weighted by molar-refractivity contribution is 6.14. The van der Waals surface area contributed by atoms with Crippen molar-refractivity contribution in [3.63, 3.8) is 0 Å². The molecule has 4 rings (SSSR count). The number of anilines is 2. The molecule has 2 heterocycles. The highest BCUT2D eigenvalue weighted by Crippen LogP contribution is 2.44. The molecule has 0 saturated heterocycles. The van der Waals surface area contributed by atoms with E-state index >= 15 is 0 Å². The summed E-state index contributed by atoms with van der Waals surface area (Å²) in [6.07, 6.45) is 1.63. The molecule has 114 valence electrons. The summed E-state index contributed by atoms with van der Waals surface area (Å²) in [5.41, 5.74) is 1.43. The molecule has 0 fully saturated rings. The third-order valence-electron chi connectivity index (χ3n) is 4.33. The number of amides is 2. The third-order valence-corrected chi connectivity index (χ3v) is 4.33. The number of fused-ring (bicyclic) bond motifs is 3. The summed E-state index contributed by atoms with van der Waals surface area (Å²) in [5.74, 6) is -0.450. The summed E-state index contributed by atoms with van der Waals surface area (Å²) in [7, 11) is 0. The van der Waals surface area contributed by atoms with Crippen molar-refractivity contribution >= 4 is 23.2 Å². The normalized spacial score (nSPS) is 21.5. The Balaban J connectivity index is 1.98.